The molecule has 20 heavy (non-hydrogen) atoms. The second kappa shape index (κ2) is 5.64. The van der Waals surface area contributed by atoms with Crippen LogP contribution >= 0.6 is 0 Å². The Hall–Kier alpha value is -2.51. The van der Waals surface area contributed by atoms with E-state index in [1.807, 2.05) is 0 Å². The number of benzene rings is 1. The molecule has 0 radical (unpaired) electrons. The highest BCUT2D eigenvalue weighted by atomic mass is 16.4. The monoisotopic (exact) mass is 276 g/mol. The molecule has 0 fully saturated rings. The number of aliphatic carboxylic acids is 1. The second-order valence-electron chi connectivity index (χ2n) is 4.09. The van der Waals surface area contributed by atoms with Crippen LogP contribution in [0.15, 0.2) is 36.5 Å². The lowest BCUT2D eigenvalue weighted by atomic mass is 10.1. The first-order valence-electron chi connectivity index (χ1n) is 5.74. The number of aliphatic hydroxyl groups is 2. The van der Waals surface area contributed by atoms with Crippen LogP contribution < -0.4 is 5.32 Å². The molecule has 0 aliphatic carbocycles. The molecule has 1 aromatic carbocycles. The minimum absolute atomic E-state index is 0.372. The van der Waals surface area contributed by atoms with Crippen molar-refractivity contribution in [1.29, 1.82) is 0 Å². The van der Waals surface area contributed by atoms with Crippen LogP contribution in [0.2, 0.25) is 0 Å². The highest BCUT2D eigenvalue weighted by Crippen LogP contribution is 2.21. The molecule has 0 saturated heterocycles. The number of carboxylic acids is 1. The van der Waals surface area contributed by atoms with E-state index in [1.54, 1.807) is 36.5 Å². The summed E-state index contributed by atoms with van der Waals surface area (Å²) in [6.07, 6.45) is -2.64. The number of hydrogen-bond acceptors (Lipinski definition) is 5. The zero-order valence-corrected chi connectivity index (χ0v) is 10.2. The van der Waals surface area contributed by atoms with Gasteiger partial charge in [0.05, 0.1) is 11.2 Å². The average molecular weight is 276 g/mol. The number of nitrogens with zero attached hydrogens (tertiary/aromatic N) is 1. The van der Waals surface area contributed by atoms with Crippen molar-refractivity contribution in [3.63, 3.8) is 0 Å². The summed E-state index contributed by atoms with van der Waals surface area (Å²) in [7, 11) is 0. The number of fused-ring (bicyclic) bond motifs is 1. The van der Waals surface area contributed by atoms with E-state index in [0.29, 0.717) is 16.6 Å². The topological polar surface area (TPSA) is 120 Å². The average Bonchev–Trinajstić information content (AvgIpc) is 2.46. The van der Waals surface area contributed by atoms with Gasteiger partial charge >= 0.3 is 5.97 Å². The molecule has 2 atom stereocenters. The number of aliphatic hydroxyl groups excluding tert-OH is 2. The van der Waals surface area contributed by atoms with Crippen LogP contribution in [-0.4, -0.2) is 44.4 Å². The quantitative estimate of drug-likeness (QED) is 0.623. The molecule has 0 bridgehead atoms. The molecule has 0 unspecified atom stereocenters. The van der Waals surface area contributed by atoms with Gasteiger partial charge in [0.1, 0.15) is 0 Å². The molecule has 2 rings (SSSR count). The van der Waals surface area contributed by atoms with Crippen LogP contribution in [0.1, 0.15) is 0 Å². The Morgan fingerprint density at radius 2 is 1.85 bits per heavy atom. The third-order valence-corrected chi connectivity index (χ3v) is 2.72. The van der Waals surface area contributed by atoms with Crippen molar-refractivity contribution in [2.75, 3.05) is 5.32 Å². The molecule has 1 aromatic heterocycles. The number of nitrogens with one attached hydrogen (secondary N) is 1. The summed E-state index contributed by atoms with van der Waals surface area (Å²) in [5, 5.41) is 30.1. The number of aromatic nitrogens is 1. The lowest BCUT2D eigenvalue weighted by Crippen LogP contribution is -2.42. The van der Waals surface area contributed by atoms with Crippen molar-refractivity contribution in [2.45, 2.75) is 12.2 Å². The number of anilines is 1. The molecule has 0 aliphatic rings. The Morgan fingerprint density at radius 3 is 2.55 bits per heavy atom. The molecule has 4 N–H and O–H groups in total. The predicted molar refractivity (Wildman–Crippen MR) is 70.0 cm³/mol. The van der Waals surface area contributed by atoms with Gasteiger partial charge in [-0.1, -0.05) is 6.07 Å². The predicted octanol–water partition coefficient (Wildman–Crippen LogP) is -0.0203. The lowest BCUT2D eigenvalue weighted by Gasteiger charge is -2.14. The van der Waals surface area contributed by atoms with E-state index in [1.165, 1.54) is 0 Å². The molecule has 0 saturated carbocycles. The number of hydrogen-bond donors (Lipinski definition) is 4. The Kier molecular flexibility index (Phi) is 3.92. The van der Waals surface area contributed by atoms with Crippen LogP contribution in [0, 0.1) is 0 Å². The Balaban J connectivity index is 2.24. The summed E-state index contributed by atoms with van der Waals surface area (Å²) in [6.45, 7) is 0. The lowest BCUT2D eigenvalue weighted by molar-refractivity contribution is -0.156. The van der Waals surface area contributed by atoms with Gasteiger partial charge in [0.2, 0.25) is 0 Å². The fourth-order valence-electron chi connectivity index (χ4n) is 1.70. The van der Waals surface area contributed by atoms with Gasteiger partial charge < -0.3 is 20.6 Å². The van der Waals surface area contributed by atoms with Crippen LogP contribution in [-0.2, 0) is 9.59 Å². The summed E-state index contributed by atoms with van der Waals surface area (Å²) < 4.78 is 0. The van der Waals surface area contributed by atoms with Crippen LogP contribution in [0.4, 0.5) is 5.69 Å². The normalized spacial score (nSPS) is 13.7. The van der Waals surface area contributed by atoms with Gasteiger partial charge in [0.25, 0.3) is 5.91 Å². The van der Waals surface area contributed by atoms with Crippen molar-refractivity contribution in [1.82, 2.24) is 4.98 Å². The molecule has 0 spiro atoms. The number of carbonyl (C=O) groups is 2. The van der Waals surface area contributed by atoms with Crippen molar-refractivity contribution >= 4 is 28.5 Å². The number of rotatable bonds is 4. The van der Waals surface area contributed by atoms with Crippen LogP contribution in [0.5, 0.6) is 0 Å². The van der Waals surface area contributed by atoms with E-state index in [0.717, 1.165) is 0 Å². The number of carboxylic acid groups (broad SMARTS) is 1. The number of carbonyl (C=O) groups excluding carboxylic acids is 1. The first-order chi connectivity index (χ1) is 9.50. The molecule has 0 aliphatic heterocycles. The molecule has 104 valence electrons. The molecule has 7 heteroatoms. The molecular weight excluding hydrogens is 264 g/mol. The zero-order valence-electron chi connectivity index (χ0n) is 10.2. The van der Waals surface area contributed by atoms with Gasteiger partial charge in [-0.05, 0) is 24.3 Å². The third-order valence-electron chi connectivity index (χ3n) is 2.72. The summed E-state index contributed by atoms with van der Waals surface area (Å²) in [6, 6.07) is 8.39. The summed E-state index contributed by atoms with van der Waals surface area (Å²) in [4.78, 5) is 26.3. The van der Waals surface area contributed by atoms with Gasteiger partial charge in [-0.3, -0.25) is 9.78 Å². The zero-order chi connectivity index (χ0) is 14.7. The van der Waals surface area contributed by atoms with Gasteiger partial charge in [-0.2, -0.15) is 0 Å². The van der Waals surface area contributed by atoms with Gasteiger partial charge in [0, 0.05) is 11.6 Å². The molecule has 1 amide bonds. The molecule has 7 nitrogen and oxygen atoms in total. The molecule has 2 aromatic rings. The number of amides is 1. The van der Waals surface area contributed by atoms with Crippen LogP contribution in [0.25, 0.3) is 10.9 Å². The molecular formula is C13H12N2O5. The smallest absolute Gasteiger partial charge is 0.335 e. The van der Waals surface area contributed by atoms with E-state index in [9.17, 15) is 14.7 Å². The van der Waals surface area contributed by atoms with E-state index >= 15 is 0 Å². The number of pyridine rings is 1. The maximum absolute atomic E-state index is 11.7. The maximum atomic E-state index is 11.7. The first-order valence-corrected chi connectivity index (χ1v) is 5.74. The SMILES string of the molecule is O=C(O)[C@@H](O)[C@@H](O)C(=O)Nc1cccc2ncccc12. The fraction of sp³-hybridized carbons (Fsp3) is 0.154. The molecule has 1 heterocycles. The fourth-order valence-corrected chi connectivity index (χ4v) is 1.70. The summed E-state index contributed by atoms with van der Waals surface area (Å²) >= 11 is 0. The van der Waals surface area contributed by atoms with E-state index in [-0.39, 0.29) is 0 Å². The standard InChI is InChI=1S/C13H12N2O5/c16-10(11(17)13(19)20)12(18)15-9-5-1-4-8-7(9)3-2-6-14-8/h1-6,10-11,16-17H,(H,15,18)(H,19,20)/t10-,11+/m1/s1. The highest BCUT2D eigenvalue weighted by Gasteiger charge is 2.30. The minimum atomic E-state index is -2.18. The van der Waals surface area contributed by atoms with Crippen molar-refractivity contribution in [2.24, 2.45) is 0 Å². The summed E-state index contributed by atoms with van der Waals surface area (Å²) in [5.41, 5.74) is 1.01. The van der Waals surface area contributed by atoms with Crippen molar-refractivity contribution in [3.8, 4) is 0 Å². The Morgan fingerprint density at radius 1 is 1.10 bits per heavy atom. The van der Waals surface area contributed by atoms with E-state index < -0.39 is 24.1 Å². The van der Waals surface area contributed by atoms with Gasteiger partial charge in [-0.25, -0.2) is 4.79 Å². The van der Waals surface area contributed by atoms with E-state index in [4.69, 9.17) is 10.2 Å². The minimum Gasteiger partial charge on any atom is -0.479 e. The second-order valence-corrected chi connectivity index (χ2v) is 4.09. The Bertz CT molecular complexity index is 653. The highest BCUT2D eigenvalue weighted by molar-refractivity contribution is 6.03. The Labute approximate surface area is 113 Å². The van der Waals surface area contributed by atoms with Crippen molar-refractivity contribution in [3.05, 3.63) is 36.5 Å². The largest absolute Gasteiger partial charge is 0.479 e. The maximum Gasteiger partial charge on any atom is 0.335 e. The van der Waals surface area contributed by atoms with E-state index in [2.05, 4.69) is 10.3 Å². The van der Waals surface area contributed by atoms with Gasteiger partial charge in [0.15, 0.2) is 12.2 Å². The first kappa shape index (κ1) is 13.9. The van der Waals surface area contributed by atoms with Gasteiger partial charge in [-0.15, -0.1) is 0 Å². The summed E-state index contributed by atoms with van der Waals surface area (Å²) in [5.74, 6) is -2.68. The van der Waals surface area contributed by atoms with Crippen molar-refractivity contribution < 1.29 is 24.9 Å². The van der Waals surface area contributed by atoms with Crippen LogP contribution in [0.3, 0.4) is 0 Å². The third kappa shape index (κ3) is 2.73.